The van der Waals surface area contributed by atoms with Gasteiger partial charge >= 0.3 is 6.03 Å². The first-order chi connectivity index (χ1) is 13.2. The number of nitrogens with one attached hydrogen (secondary N) is 1. The summed E-state index contributed by atoms with van der Waals surface area (Å²) in [6, 6.07) is 13.3. The smallest absolute Gasteiger partial charge is 0.321 e. The fourth-order valence-corrected chi connectivity index (χ4v) is 4.23. The summed E-state index contributed by atoms with van der Waals surface area (Å²) < 4.78 is 38.0. The number of rotatable bonds is 4. The average Bonchev–Trinajstić information content (AvgIpc) is 2.67. The number of carbonyl (C=O) groups excluding carboxylic acids is 1. The zero-order valence-corrected chi connectivity index (χ0v) is 16.7. The molecule has 2 aromatic rings. The van der Waals surface area contributed by atoms with E-state index in [1.54, 1.807) is 30.1 Å². The Morgan fingerprint density at radius 1 is 1.11 bits per heavy atom. The fourth-order valence-electron chi connectivity index (χ4n) is 3.35. The molecular formula is C20H24FN3O3S. The Bertz CT molecular complexity index is 939. The van der Waals surface area contributed by atoms with Crippen molar-refractivity contribution in [3.05, 3.63) is 54.3 Å². The molecule has 1 heterocycles. The fraction of sp³-hybridized carbons (Fsp3) is 0.350. The third-order valence-electron chi connectivity index (χ3n) is 5.05. The third-order valence-corrected chi connectivity index (χ3v) is 6.36. The summed E-state index contributed by atoms with van der Waals surface area (Å²) in [6.45, 7) is 0.840. The molecule has 0 aliphatic carbocycles. The van der Waals surface area contributed by atoms with Crippen LogP contribution < -0.4 is 5.32 Å². The summed E-state index contributed by atoms with van der Waals surface area (Å²) >= 11 is 0. The number of nitrogens with zero attached hydrogens (tertiary/aromatic N) is 2. The number of sulfonamides is 1. The highest BCUT2D eigenvalue weighted by Gasteiger charge is 2.29. The number of carbonyl (C=O) groups is 1. The second-order valence-electron chi connectivity index (χ2n) is 7.02. The number of urea groups is 1. The van der Waals surface area contributed by atoms with E-state index in [1.165, 1.54) is 22.7 Å². The Morgan fingerprint density at radius 3 is 2.32 bits per heavy atom. The zero-order chi connectivity index (χ0) is 20.3. The second kappa shape index (κ2) is 8.28. The first-order valence-electron chi connectivity index (χ1n) is 9.09. The van der Waals surface area contributed by atoms with E-state index < -0.39 is 10.0 Å². The molecule has 0 spiro atoms. The predicted molar refractivity (Wildman–Crippen MR) is 108 cm³/mol. The van der Waals surface area contributed by atoms with Crippen molar-refractivity contribution in [3.8, 4) is 11.1 Å². The quantitative estimate of drug-likeness (QED) is 0.848. The van der Waals surface area contributed by atoms with Crippen LogP contribution in [0.5, 0.6) is 0 Å². The van der Waals surface area contributed by atoms with Gasteiger partial charge in [0.05, 0.1) is 6.26 Å². The van der Waals surface area contributed by atoms with E-state index in [2.05, 4.69) is 5.32 Å². The number of hydrogen-bond donors (Lipinski definition) is 1. The minimum absolute atomic E-state index is 0.00966. The molecule has 28 heavy (non-hydrogen) atoms. The summed E-state index contributed by atoms with van der Waals surface area (Å²) in [6.07, 6.45) is 2.42. The summed E-state index contributed by atoms with van der Waals surface area (Å²) in [7, 11) is -1.46. The first kappa shape index (κ1) is 20.3. The molecule has 1 aliphatic heterocycles. The molecule has 150 valence electrons. The molecule has 0 aromatic heterocycles. The molecule has 8 heteroatoms. The van der Waals surface area contributed by atoms with Crippen LogP contribution in [0.3, 0.4) is 0 Å². The van der Waals surface area contributed by atoms with Crippen LogP contribution >= 0.6 is 0 Å². The highest BCUT2D eigenvalue weighted by molar-refractivity contribution is 7.88. The number of amides is 2. The van der Waals surface area contributed by atoms with Crippen molar-refractivity contribution in [2.75, 3.05) is 31.7 Å². The molecule has 0 radical (unpaired) electrons. The van der Waals surface area contributed by atoms with E-state index in [0.29, 0.717) is 31.6 Å². The standard InChI is InChI=1S/C20H24FN3O3S/c1-23(19-10-12-24(13-11-19)28(2,26)27)20(25)22-18-8-6-15(7-9-18)16-4-3-5-17(21)14-16/h3-9,14,19H,10-13H2,1-2H3,(H,22,25). The van der Waals surface area contributed by atoms with Gasteiger partial charge in [-0.15, -0.1) is 0 Å². The van der Waals surface area contributed by atoms with Crippen molar-refractivity contribution in [3.63, 3.8) is 0 Å². The minimum atomic E-state index is -3.18. The molecular weight excluding hydrogens is 381 g/mol. The average molecular weight is 405 g/mol. The molecule has 2 aromatic carbocycles. The van der Waals surface area contributed by atoms with E-state index in [1.807, 2.05) is 18.2 Å². The second-order valence-corrected chi connectivity index (χ2v) is 9.00. The van der Waals surface area contributed by atoms with Gasteiger partial charge in [0, 0.05) is 31.9 Å². The van der Waals surface area contributed by atoms with Crippen LogP contribution in [0.4, 0.5) is 14.9 Å². The SMILES string of the molecule is CN(C(=O)Nc1ccc(-c2cccc(F)c2)cc1)C1CCN(S(C)(=O)=O)CC1. The Balaban J connectivity index is 1.58. The Morgan fingerprint density at radius 2 is 1.75 bits per heavy atom. The molecule has 0 bridgehead atoms. The number of halogens is 1. The maximum Gasteiger partial charge on any atom is 0.321 e. The van der Waals surface area contributed by atoms with Gasteiger partial charge in [-0.25, -0.2) is 21.9 Å². The van der Waals surface area contributed by atoms with E-state index >= 15 is 0 Å². The predicted octanol–water partition coefficient (Wildman–Crippen LogP) is 3.38. The molecule has 1 N–H and O–H groups in total. The molecule has 0 atom stereocenters. The number of piperidine rings is 1. The summed E-state index contributed by atoms with van der Waals surface area (Å²) in [4.78, 5) is 14.1. The van der Waals surface area contributed by atoms with Crippen LogP contribution in [-0.2, 0) is 10.0 Å². The van der Waals surface area contributed by atoms with Crippen LogP contribution in [0, 0.1) is 5.82 Å². The lowest BCUT2D eigenvalue weighted by molar-refractivity contribution is 0.174. The molecule has 1 fully saturated rings. The van der Waals surface area contributed by atoms with Crippen LogP contribution in [0.1, 0.15) is 12.8 Å². The van der Waals surface area contributed by atoms with E-state index in [9.17, 15) is 17.6 Å². The number of hydrogen-bond acceptors (Lipinski definition) is 3. The minimum Gasteiger partial charge on any atom is -0.325 e. The van der Waals surface area contributed by atoms with E-state index in [-0.39, 0.29) is 17.9 Å². The monoisotopic (exact) mass is 405 g/mol. The van der Waals surface area contributed by atoms with Crippen molar-refractivity contribution in [2.45, 2.75) is 18.9 Å². The molecule has 2 amide bonds. The van der Waals surface area contributed by atoms with Gasteiger partial charge in [0.2, 0.25) is 10.0 Å². The maximum absolute atomic E-state index is 13.4. The van der Waals surface area contributed by atoms with Crippen molar-refractivity contribution >= 4 is 21.7 Å². The van der Waals surface area contributed by atoms with Gasteiger partial charge in [0.15, 0.2) is 0 Å². The molecule has 0 unspecified atom stereocenters. The van der Waals surface area contributed by atoms with Crippen molar-refractivity contribution < 1.29 is 17.6 Å². The highest BCUT2D eigenvalue weighted by Crippen LogP contribution is 2.23. The van der Waals surface area contributed by atoms with Gasteiger partial charge in [0.1, 0.15) is 5.82 Å². The Labute approximate surface area is 165 Å². The van der Waals surface area contributed by atoms with Crippen molar-refractivity contribution in [2.24, 2.45) is 0 Å². The molecule has 1 aliphatic rings. The van der Waals surface area contributed by atoms with Crippen LogP contribution in [0.2, 0.25) is 0 Å². The van der Waals surface area contributed by atoms with E-state index in [4.69, 9.17) is 0 Å². The third kappa shape index (κ3) is 4.88. The highest BCUT2D eigenvalue weighted by atomic mass is 32.2. The van der Waals surface area contributed by atoms with Gasteiger partial charge in [-0.2, -0.15) is 0 Å². The zero-order valence-electron chi connectivity index (χ0n) is 15.9. The lowest BCUT2D eigenvalue weighted by atomic mass is 10.1. The van der Waals surface area contributed by atoms with Gasteiger partial charge in [-0.05, 0) is 48.2 Å². The topological polar surface area (TPSA) is 69.7 Å². The van der Waals surface area contributed by atoms with Gasteiger partial charge < -0.3 is 10.2 Å². The lowest BCUT2D eigenvalue weighted by Crippen LogP contribution is -2.48. The van der Waals surface area contributed by atoms with Crippen molar-refractivity contribution in [1.29, 1.82) is 0 Å². The molecule has 1 saturated heterocycles. The summed E-state index contributed by atoms with van der Waals surface area (Å²) in [5.41, 5.74) is 2.28. The van der Waals surface area contributed by atoms with Crippen LogP contribution in [0.15, 0.2) is 48.5 Å². The van der Waals surface area contributed by atoms with Crippen LogP contribution in [-0.4, -0.2) is 56.1 Å². The Kier molecular flexibility index (Phi) is 6.00. The van der Waals surface area contributed by atoms with Gasteiger partial charge in [-0.1, -0.05) is 24.3 Å². The number of anilines is 1. The van der Waals surface area contributed by atoms with E-state index in [0.717, 1.165) is 11.1 Å². The summed E-state index contributed by atoms with van der Waals surface area (Å²) in [5.74, 6) is -0.293. The first-order valence-corrected chi connectivity index (χ1v) is 10.9. The molecule has 0 saturated carbocycles. The number of benzene rings is 2. The van der Waals surface area contributed by atoms with Crippen LogP contribution in [0.25, 0.3) is 11.1 Å². The van der Waals surface area contributed by atoms with Gasteiger partial charge in [0.25, 0.3) is 0 Å². The maximum atomic E-state index is 13.4. The molecule has 3 rings (SSSR count). The largest absolute Gasteiger partial charge is 0.325 e. The van der Waals surface area contributed by atoms with Gasteiger partial charge in [-0.3, -0.25) is 0 Å². The normalized spacial score (nSPS) is 16.0. The lowest BCUT2D eigenvalue weighted by Gasteiger charge is -2.35. The molecule has 6 nitrogen and oxygen atoms in total. The summed E-state index contributed by atoms with van der Waals surface area (Å²) in [5, 5.41) is 2.85. The van der Waals surface area contributed by atoms with Crippen molar-refractivity contribution in [1.82, 2.24) is 9.21 Å². The Hall–Kier alpha value is -2.45.